The summed E-state index contributed by atoms with van der Waals surface area (Å²) in [7, 11) is 0. The van der Waals surface area contributed by atoms with Crippen LogP contribution >= 0.6 is 0 Å². The van der Waals surface area contributed by atoms with E-state index in [2.05, 4.69) is 15.3 Å². The molecule has 0 bridgehead atoms. The van der Waals surface area contributed by atoms with Gasteiger partial charge in [0.1, 0.15) is 11.6 Å². The van der Waals surface area contributed by atoms with Crippen LogP contribution in [0.2, 0.25) is 0 Å². The fourth-order valence-electron chi connectivity index (χ4n) is 3.54. The fourth-order valence-corrected chi connectivity index (χ4v) is 3.54. The van der Waals surface area contributed by atoms with Gasteiger partial charge in [0.15, 0.2) is 0 Å². The Bertz CT molecular complexity index is 1030. The van der Waals surface area contributed by atoms with Gasteiger partial charge in [-0.2, -0.15) is 0 Å². The van der Waals surface area contributed by atoms with Crippen molar-refractivity contribution in [2.24, 2.45) is 0 Å². The molecule has 0 saturated carbocycles. The van der Waals surface area contributed by atoms with Crippen molar-refractivity contribution in [3.8, 4) is 11.3 Å². The fraction of sp³-hybridized carbons (Fsp3) is 0.227. The van der Waals surface area contributed by atoms with Crippen LogP contribution in [0.3, 0.4) is 0 Å². The molecule has 5 nitrogen and oxygen atoms in total. The molecule has 0 radical (unpaired) electrons. The summed E-state index contributed by atoms with van der Waals surface area (Å²) < 4.78 is 13.6. The molecule has 2 amide bonds. The highest BCUT2D eigenvalue weighted by Crippen LogP contribution is 2.29. The molecule has 0 aliphatic carbocycles. The zero-order valence-corrected chi connectivity index (χ0v) is 15.9. The van der Waals surface area contributed by atoms with E-state index in [0.717, 1.165) is 29.8 Å². The number of fused-ring (bicyclic) bond motifs is 1. The van der Waals surface area contributed by atoms with E-state index in [1.807, 2.05) is 44.2 Å². The Labute approximate surface area is 163 Å². The lowest BCUT2D eigenvalue weighted by molar-refractivity contribution is 0.256. The van der Waals surface area contributed by atoms with Crippen molar-refractivity contribution in [3.05, 3.63) is 71.3 Å². The van der Waals surface area contributed by atoms with Crippen molar-refractivity contribution >= 4 is 17.5 Å². The first-order valence-electron chi connectivity index (χ1n) is 9.29. The molecule has 0 fully saturated rings. The number of hydrogen-bond acceptors (Lipinski definition) is 3. The number of urea groups is 1. The molecule has 6 heteroatoms. The van der Waals surface area contributed by atoms with Crippen molar-refractivity contribution < 1.29 is 9.18 Å². The van der Waals surface area contributed by atoms with E-state index in [9.17, 15) is 9.18 Å². The maximum absolute atomic E-state index is 13.6. The van der Waals surface area contributed by atoms with Crippen LogP contribution in [-0.2, 0) is 6.42 Å². The number of benzene rings is 1. The zero-order valence-electron chi connectivity index (χ0n) is 15.9. The quantitative estimate of drug-likeness (QED) is 0.693. The minimum atomic E-state index is -0.310. The van der Waals surface area contributed by atoms with Gasteiger partial charge in [-0.3, -0.25) is 9.88 Å². The summed E-state index contributed by atoms with van der Waals surface area (Å²) in [5.41, 5.74) is 4.76. The number of anilines is 2. The van der Waals surface area contributed by atoms with Crippen LogP contribution in [0, 0.1) is 19.7 Å². The number of carbonyl (C=O) groups is 1. The van der Waals surface area contributed by atoms with Crippen LogP contribution in [0.4, 0.5) is 20.7 Å². The Kier molecular flexibility index (Phi) is 4.77. The summed E-state index contributed by atoms with van der Waals surface area (Å²) >= 11 is 0. The summed E-state index contributed by atoms with van der Waals surface area (Å²) in [5.74, 6) is 0.322. The van der Waals surface area contributed by atoms with E-state index in [1.165, 1.54) is 12.1 Å². The van der Waals surface area contributed by atoms with Gasteiger partial charge in [0.25, 0.3) is 0 Å². The zero-order chi connectivity index (χ0) is 19.7. The van der Waals surface area contributed by atoms with Gasteiger partial charge in [-0.25, -0.2) is 14.2 Å². The van der Waals surface area contributed by atoms with Crippen LogP contribution in [0.1, 0.15) is 23.4 Å². The van der Waals surface area contributed by atoms with Crippen LogP contribution in [0.25, 0.3) is 11.3 Å². The van der Waals surface area contributed by atoms with Crippen molar-refractivity contribution in [2.75, 3.05) is 16.8 Å². The molecule has 0 unspecified atom stereocenters. The first-order valence-corrected chi connectivity index (χ1v) is 9.29. The first kappa shape index (κ1) is 18.1. The lowest BCUT2D eigenvalue weighted by atomic mass is 10.0. The number of nitrogens with zero attached hydrogens (tertiary/aromatic N) is 3. The molecule has 3 heterocycles. The summed E-state index contributed by atoms with van der Waals surface area (Å²) in [6.45, 7) is 4.37. The van der Waals surface area contributed by atoms with Crippen molar-refractivity contribution in [2.45, 2.75) is 26.7 Å². The number of hydrogen-bond donors (Lipinski definition) is 1. The van der Waals surface area contributed by atoms with Crippen LogP contribution < -0.4 is 10.2 Å². The molecule has 1 aromatic carbocycles. The number of aromatic nitrogens is 2. The van der Waals surface area contributed by atoms with Gasteiger partial charge in [0, 0.05) is 29.2 Å². The third kappa shape index (κ3) is 3.71. The topological polar surface area (TPSA) is 58.1 Å². The molecule has 4 rings (SSSR count). The van der Waals surface area contributed by atoms with Crippen molar-refractivity contribution in [1.29, 1.82) is 0 Å². The monoisotopic (exact) mass is 376 g/mol. The summed E-state index contributed by atoms with van der Waals surface area (Å²) in [4.78, 5) is 23.6. The Morgan fingerprint density at radius 2 is 1.86 bits per heavy atom. The Morgan fingerprint density at radius 1 is 1.07 bits per heavy atom. The molecular formula is C22H21FN4O. The van der Waals surface area contributed by atoms with E-state index in [4.69, 9.17) is 0 Å². The molecule has 0 spiro atoms. The molecule has 3 aromatic rings. The SMILES string of the molecule is Cc1cc(NC(=O)N2CCCc3ccc(-c4cccc(F)c4)nc32)cc(C)n1. The summed E-state index contributed by atoms with van der Waals surface area (Å²) in [6, 6.07) is 13.6. The number of rotatable bonds is 2. The van der Waals surface area contributed by atoms with Crippen LogP contribution in [0.15, 0.2) is 48.5 Å². The number of halogens is 1. The average Bonchev–Trinajstić information content (AvgIpc) is 2.66. The summed E-state index contributed by atoms with van der Waals surface area (Å²) in [6.07, 6.45) is 1.73. The molecule has 1 aliphatic rings. The second-order valence-electron chi connectivity index (χ2n) is 7.01. The molecule has 0 atom stereocenters. The third-order valence-electron chi connectivity index (χ3n) is 4.74. The van der Waals surface area contributed by atoms with Crippen molar-refractivity contribution in [1.82, 2.24) is 9.97 Å². The van der Waals surface area contributed by atoms with E-state index < -0.39 is 0 Å². The molecule has 2 aromatic heterocycles. The normalized spacial score (nSPS) is 13.2. The smallest absolute Gasteiger partial charge is 0.307 e. The Hall–Kier alpha value is -3.28. The highest BCUT2D eigenvalue weighted by Gasteiger charge is 2.25. The number of nitrogens with one attached hydrogen (secondary N) is 1. The van der Waals surface area contributed by atoms with E-state index in [1.54, 1.807) is 11.0 Å². The van der Waals surface area contributed by atoms with Gasteiger partial charge in [0.05, 0.1) is 5.69 Å². The number of aryl methyl sites for hydroxylation is 3. The molecule has 1 N–H and O–H groups in total. The largest absolute Gasteiger partial charge is 0.327 e. The van der Waals surface area contributed by atoms with Gasteiger partial charge in [0.2, 0.25) is 0 Å². The third-order valence-corrected chi connectivity index (χ3v) is 4.74. The second-order valence-corrected chi connectivity index (χ2v) is 7.01. The van der Waals surface area contributed by atoms with Gasteiger partial charge in [-0.05, 0) is 62.6 Å². The highest BCUT2D eigenvalue weighted by atomic mass is 19.1. The van der Waals surface area contributed by atoms with Gasteiger partial charge >= 0.3 is 6.03 Å². The predicted molar refractivity (Wildman–Crippen MR) is 108 cm³/mol. The molecule has 142 valence electrons. The first-order chi connectivity index (χ1) is 13.5. The predicted octanol–water partition coefficient (Wildman–Crippen LogP) is 4.88. The molecule has 28 heavy (non-hydrogen) atoms. The van der Waals surface area contributed by atoms with E-state index in [0.29, 0.717) is 29.3 Å². The molecule has 0 saturated heterocycles. The molecular weight excluding hydrogens is 355 g/mol. The van der Waals surface area contributed by atoms with Gasteiger partial charge in [-0.15, -0.1) is 0 Å². The Morgan fingerprint density at radius 3 is 2.61 bits per heavy atom. The minimum Gasteiger partial charge on any atom is -0.307 e. The highest BCUT2D eigenvalue weighted by molar-refractivity contribution is 6.02. The lowest BCUT2D eigenvalue weighted by Gasteiger charge is -2.29. The minimum absolute atomic E-state index is 0.227. The van der Waals surface area contributed by atoms with Crippen molar-refractivity contribution in [3.63, 3.8) is 0 Å². The Balaban J connectivity index is 1.65. The molecule has 1 aliphatic heterocycles. The van der Waals surface area contributed by atoms with Gasteiger partial charge in [-0.1, -0.05) is 18.2 Å². The van der Waals surface area contributed by atoms with Crippen LogP contribution in [0.5, 0.6) is 0 Å². The average molecular weight is 376 g/mol. The lowest BCUT2D eigenvalue weighted by Crippen LogP contribution is -2.39. The van der Waals surface area contributed by atoms with E-state index in [-0.39, 0.29) is 11.8 Å². The maximum atomic E-state index is 13.6. The van der Waals surface area contributed by atoms with Gasteiger partial charge < -0.3 is 5.32 Å². The standard InChI is InChI=1S/C22H21FN4O/c1-14-11-19(12-15(2)24-14)25-22(28)27-10-4-6-16-8-9-20(26-21(16)27)17-5-3-7-18(23)13-17/h3,5,7-9,11-13H,4,6,10H2,1-2H3,(H,24,25,28). The summed E-state index contributed by atoms with van der Waals surface area (Å²) in [5, 5.41) is 2.95. The van der Waals surface area contributed by atoms with Crippen LogP contribution in [-0.4, -0.2) is 22.5 Å². The maximum Gasteiger partial charge on any atom is 0.327 e. The number of carbonyl (C=O) groups excluding carboxylic acids is 1. The number of amides is 2. The van der Waals surface area contributed by atoms with E-state index >= 15 is 0 Å². The second kappa shape index (κ2) is 7.38. The number of pyridine rings is 2.